The van der Waals surface area contributed by atoms with E-state index in [0.29, 0.717) is 25.7 Å². The van der Waals surface area contributed by atoms with Gasteiger partial charge in [0.05, 0.1) is 26.4 Å². The van der Waals surface area contributed by atoms with Gasteiger partial charge in [-0.1, -0.05) is 336 Å². The van der Waals surface area contributed by atoms with Gasteiger partial charge in [0, 0.05) is 25.7 Å². The van der Waals surface area contributed by atoms with Gasteiger partial charge in [-0.3, -0.25) is 37.3 Å². The van der Waals surface area contributed by atoms with Crippen LogP contribution in [0.15, 0.2) is 24.3 Å². The number of aliphatic hydroxyl groups excluding tert-OH is 1. The first kappa shape index (κ1) is 95.5. The normalized spacial score (nSPS) is 14.1. The van der Waals surface area contributed by atoms with Crippen molar-refractivity contribution in [2.45, 2.75) is 407 Å². The molecule has 0 fully saturated rings. The number of allylic oxidation sites excluding steroid dienone is 4. The van der Waals surface area contributed by atoms with Crippen molar-refractivity contribution >= 4 is 39.5 Å². The Hall–Kier alpha value is -2.46. The van der Waals surface area contributed by atoms with Crippen molar-refractivity contribution in [3.05, 3.63) is 24.3 Å². The molecule has 2 unspecified atom stereocenters. The first-order chi connectivity index (χ1) is 47.4. The van der Waals surface area contributed by atoms with E-state index in [-0.39, 0.29) is 25.7 Å². The molecular formula is C79H150O17P2. The van der Waals surface area contributed by atoms with Crippen LogP contribution in [0.4, 0.5) is 0 Å². The number of carbonyl (C=O) groups is 4. The van der Waals surface area contributed by atoms with E-state index < -0.39 is 97.5 Å². The number of carbonyl (C=O) groups excluding carboxylic acids is 4. The van der Waals surface area contributed by atoms with E-state index in [1.165, 1.54) is 186 Å². The lowest BCUT2D eigenvalue weighted by Crippen LogP contribution is -2.30. The quantitative estimate of drug-likeness (QED) is 0.0169. The molecule has 0 aliphatic carbocycles. The molecule has 0 aliphatic heterocycles. The number of ether oxygens (including phenoxy) is 4. The summed E-state index contributed by atoms with van der Waals surface area (Å²) in [6, 6.07) is 0. The van der Waals surface area contributed by atoms with Crippen molar-refractivity contribution in [2.75, 3.05) is 39.6 Å². The van der Waals surface area contributed by atoms with Gasteiger partial charge in [-0.25, -0.2) is 9.13 Å². The first-order valence-corrected chi connectivity index (χ1v) is 43.3. The van der Waals surface area contributed by atoms with Crippen molar-refractivity contribution in [1.29, 1.82) is 0 Å². The van der Waals surface area contributed by atoms with E-state index >= 15 is 0 Å². The Bertz CT molecular complexity index is 1980. The molecule has 0 saturated carbocycles. The summed E-state index contributed by atoms with van der Waals surface area (Å²) in [5, 5.41) is 10.6. The van der Waals surface area contributed by atoms with Crippen LogP contribution in [0.5, 0.6) is 0 Å². The molecule has 0 rings (SSSR count). The fourth-order valence-corrected chi connectivity index (χ4v) is 13.2. The van der Waals surface area contributed by atoms with Crippen LogP contribution in [0.1, 0.15) is 388 Å². The zero-order valence-corrected chi connectivity index (χ0v) is 65.4. The maximum Gasteiger partial charge on any atom is 0.472 e. The van der Waals surface area contributed by atoms with Gasteiger partial charge in [-0.2, -0.15) is 0 Å². The third-order valence-electron chi connectivity index (χ3n) is 17.8. The molecule has 5 atom stereocenters. The zero-order valence-electron chi connectivity index (χ0n) is 63.6. The van der Waals surface area contributed by atoms with Gasteiger partial charge in [0.15, 0.2) is 12.2 Å². The van der Waals surface area contributed by atoms with Gasteiger partial charge >= 0.3 is 39.5 Å². The van der Waals surface area contributed by atoms with Crippen LogP contribution in [-0.4, -0.2) is 96.7 Å². The highest BCUT2D eigenvalue weighted by molar-refractivity contribution is 7.47. The molecule has 98 heavy (non-hydrogen) atoms. The second kappa shape index (κ2) is 70.2. The van der Waals surface area contributed by atoms with Crippen LogP contribution in [-0.2, 0) is 65.4 Å². The molecule has 0 aromatic heterocycles. The third-order valence-corrected chi connectivity index (χ3v) is 19.7. The summed E-state index contributed by atoms with van der Waals surface area (Å²) in [4.78, 5) is 72.9. The summed E-state index contributed by atoms with van der Waals surface area (Å²) in [6.45, 7) is 9.58. The van der Waals surface area contributed by atoms with Gasteiger partial charge in [-0.05, 0) is 63.2 Å². The summed E-state index contributed by atoms with van der Waals surface area (Å²) in [5.74, 6) is -0.576. The van der Waals surface area contributed by atoms with Crippen molar-refractivity contribution in [3.63, 3.8) is 0 Å². The molecule has 17 nitrogen and oxygen atoms in total. The molecule has 0 spiro atoms. The van der Waals surface area contributed by atoms with E-state index in [2.05, 4.69) is 65.8 Å². The Morgan fingerprint density at radius 2 is 0.551 bits per heavy atom. The lowest BCUT2D eigenvalue weighted by Gasteiger charge is -2.21. The Labute approximate surface area is 599 Å². The number of esters is 4. The number of phosphoric acid groups is 2. The summed E-state index contributed by atoms with van der Waals surface area (Å²) in [5.41, 5.74) is 0. The van der Waals surface area contributed by atoms with Crippen LogP contribution in [0, 0.1) is 11.8 Å². The second-order valence-corrected chi connectivity index (χ2v) is 31.6. The second-order valence-electron chi connectivity index (χ2n) is 28.7. The summed E-state index contributed by atoms with van der Waals surface area (Å²) < 4.78 is 68.6. The molecule has 19 heteroatoms. The van der Waals surface area contributed by atoms with Crippen molar-refractivity contribution in [3.8, 4) is 0 Å². The van der Waals surface area contributed by atoms with Crippen LogP contribution in [0.2, 0.25) is 0 Å². The number of hydrogen-bond acceptors (Lipinski definition) is 15. The fourth-order valence-electron chi connectivity index (χ4n) is 11.6. The lowest BCUT2D eigenvalue weighted by atomic mass is 10.0. The number of phosphoric ester groups is 2. The van der Waals surface area contributed by atoms with Crippen molar-refractivity contribution in [2.24, 2.45) is 11.8 Å². The molecule has 0 radical (unpaired) electrons. The SMILES string of the molecule is CCCCCC/C=C\C=C/CCCCCCCC(=O)OC[C@H](COP(=O)(O)OC[C@@H](O)COP(=O)(O)OC[C@@H](COC(=O)CCCCCCCCCCCCC)OC(=O)CCCCCCCCCCCCCC(C)C)OC(=O)CCCCCCCCCCCCCCCCCC(C)C. The van der Waals surface area contributed by atoms with Gasteiger partial charge in [0.1, 0.15) is 19.3 Å². The Kier molecular flexibility index (Phi) is 68.5. The topological polar surface area (TPSA) is 237 Å². The minimum Gasteiger partial charge on any atom is -0.462 e. The molecule has 578 valence electrons. The fraction of sp³-hybridized carbons (Fsp3) is 0.899. The van der Waals surface area contributed by atoms with E-state index in [4.69, 9.17) is 37.0 Å². The average Bonchev–Trinajstić information content (AvgIpc) is 1.11. The molecule has 0 aromatic rings. The van der Waals surface area contributed by atoms with E-state index in [1.54, 1.807) is 0 Å². The molecule has 0 aliphatic rings. The van der Waals surface area contributed by atoms with Gasteiger partial charge in [0.25, 0.3) is 0 Å². The van der Waals surface area contributed by atoms with E-state index in [9.17, 15) is 43.2 Å². The smallest absolute Gasteiger partial charge is 0.462 e. The third kappa shape index (κ3) is 71.9. The standard InChI is InChI=1S/C79H150O17P2/c1-7-9-11-13-15-17-19-20-22-26-32-38-44-50-56-62-77(82)90-68-75(95-78(83)63-57-51-45-39-33-27-24-21-23-25-30-35-41-47-53-59-71(3)4)70-94-98(87,88)92-66-73(80)65-91-97(85,86)93-69-74(67-89-76(81)61-55-49-43-37-29-18-16-14-12-10-8-2)96-79(84)64-58-52-46-40-34-28-31-36-42-48-54-60-72(5)6/h17,19-20,22,71-75,80H,7-16,18,21,23-70H2,1-6H3,(H,85,86)(H,87,88)/b19-17-,22-20-/t73-,74+,75+/m0/s1. The lowest BCUT2D eigenvalue weighted by molar-refractivity contribution is -0.161. The number of unbranched alkanes of at least 4 members (excludes halogenated alkanes) is 43. The van der Waals surface area contributed by atoms with Crippen LogP contribution < -0.4 is 0 Å². The van der Waals surface area contributed by atoms with Gasteiger partial charge in [0.2, 0.25) is 0 Å². The van der Waals surface area contributed by atoms with Crippen LogP contribution in [0.3, 0.4) is 0 Å². The highest BCUT2D eigenvalue weighted by atomic mass is 31.2. The van der Waals surface area contributed by atoms with Crippen molar-refractivity contribution < 1.29 is 80.2 Å². The molecule has 0 bridgehead atoms. The van der Waals surface area contributed by atoms with Gasteiger partial charge in [-0.15, -0.1) is 0 Å². The number of hydrogen-bond donors (Lipinski definition) is 3. The maximum absolute atomic E-state index is 13.1. The minimum atomic E-state index is -4.97. The van der Waals surface area contributed by atoms with Crippen molar-refractivity contribution in [1.82, 2.24) is 0 Å². The van der Waals surface area contributed by atoms with E-state index in [0.717, 1.165) is 121 Å². The Balaban J connectivity index is 5.29. The Morgan fingerprint density at radius 3 is 0.837 bits per heavy atom. The maximum atomic E-state index is 13.1. The molecule has 0 heterocycles. The summed E-state index contributed by atoms with van der Waals surface area (Å²) in [6.07, 6.45) is 61.7. The summed E-state index contributed by atoms with van der Waals surface area (Å²) >= 11 is 0. The van der Waals surface area contributed by atoms with Crippen LogP contribution >= 0.6 is 15.6 Å². The molecule has 0 amide bonds. The predicted octanol–water partition coefficient (Wildman–Crippen LogP) is 23.1. The minimum absolute atomic E-state index is 0.101. The van der Waals surface area contributed by atoms with E-state index in [1.807, 2.05) is 0 Å². The highest BCUT2D eigenvalue weighted by Gasteiger charge is 2.30. The molecule has 0 aromatic carbocycles. The first-order valence-electron chi connectivity index (χ1n) is 40.3. The Morgan fingerprint density at radius 1 is 0.316 bits per heavy atom. The monoisotopic (exact) mass is 1430 g/mol. The molecule has 3 N–H and O–H groups in total. The highest BCUT2D eigenvalue weighted by Crippen LogP contribution is 2.45. The number of rotatable bonds is 76. The number of aliphatic hydroxyl groups is 1. The summed E-state index contributed by atoms with van der Waals surface area (Å²) in [7, 11) is -9.93. The van der Waals surface area contributed by atoms with Crippen LogP contribution in [0.25, 0.3) is 0 Å². The zero-order chi connectivity index (χ0) is 72.1. The largest absolute Gasteiger partial charge is 0.472 e. The predicted molar refractivity (Wildman–Crippen MR) is 400 cm³/mol. The average molecular weight is 1430 g/mol. The van der Waals surface area contributed by atoms with Gasteiger partial charge < -0.3 is 33.8 Å². The molecule has 0 saturated heterocycles. The molecular weight excluding hydrogens is 1280 g/mol.